The summed E-state index contributed by atoms with van der Waals surface area (Å²) in [6.07, 6.45) is 0. The number of hydrogen-bond donors (Lipinski definition) is 6. The van der Waals surface area contributed by atoms with Crippen LogP contribution in [-0.2, 0) is 28.8 Å². The summed E-state index contributed by atoms with van der Waals surface area (Å²) in [6.45, 7) is 0. The van der Waals surface area contributed by atoms with Gasteiger partial charge in [-0.3, -0.25) is 0 Å². The molecule has 0 rings (SSSR count). The molecule has 0 heterocycles. The van der Waals surface area contributed by atoms with Gasteiger partial charge in [-0.15, -0.1) is 0 Å². The Bertz CT molecular complexity index is 287. The van der Waals surface area contributed by atoms with Crippen molar-refractivity contribution in [3.8, 4) is 0 Å². The minimum atomic E-state index is -1.82. The molecule has 0 saturated carbocycles. The molecule has 194 valence electrons. The maximum atomic E-state index is 9.10. The van der Waals surface area contributed by atoms with Crippen LogP contribution >= 0.6 is 0 Å². The third-order valence-electron chi connectivity index (χ3n) is 0.549. The molecule has 0 unspecified atom stereocenters. The van der Waals surface area contributed by atoms with Gasteiger partial charge in [-0.25, -0.2) is 28.8 Å². The molecule has 0 fully saturated rings. The van der Waals surface area contributed by atoms with Gasteiger partial charge >= 0.3 is 35.8 Å². The van der Waals surface area contributed by atoms with Crippen LogP contribution in [0.5, 0.6) is 0 Å². The van der Waals surface area contributed by atoms with Crippen molar-refractivity contribution in [2.75, 3.05) is 0 Å². The fourth-order valence-corrected chi connectivity index (χ4v) is 0. The zero-order valence-corrected chi connectivity index (χ0v) is 20.7. The van der Waals surface area contributed by atoms with Crippen molar-refractivity contribution in [3.05, 3.63) is 0 Å². The molecular weight excluding hydrogens is 912 g/mol. The first-order valence-corrected chi connectivity index (χ1v) is 3.32. The Hall–Kier alpha value is -1.61. The van der Waals surface area contributed by atoms with Crippen LogP contribution in [0, 0.1) is 58.3 Å². The summed E-state index contributed by atoms with van der Waals surface area (Å²) in [5.74, 6) is -10.9. The van der Waals surface area contributed by atoms with Gasteiger partial charge in [-0.05, 0) is 0 Å². The van der Waals surface area contributed by atoms with E-state index in [0.717, 1.165) is 0 Å². The number of rotatable bonds is 0. The Morgan fingerprint density at radius 2 is 0.300 bits per heavy atom. The fourth-order valence-electron chi connectivity index (χ4n) is 0. The Morgan fingerprint density at radius 1 is 0.267 bits per heavy atom. The van der Waals surface area contributed by atoms with Crippen LogP contribution in [0.4, 0.5) is 0 Å². The van der Waals surface area contributed by atoms with E-state index in [1.54, 1.807) is 0 Å². The van der Waals surface area contributed by atoms with E-state index in [-0.39, 0.29) is 113 Å². The number of aliphatic carboxylic acids is 6. The third kappa shape index (κ3) is 158. The minimum Gasteiger partial charge on any atom is -0.473 e. The SMILES string of the molecule is O.O.O.O.O.O.O.O.O.O.O=C(O)C(=O)O.O=C(O)C(=O)O.O=C(O)C(=O)O.[Pu].[Pu]. The van der Waals surface area contributed by atoms with Crippen LogP contribution in [0.2, 0.25) is 0 Å². The van der Waals surface area contributed by atoms with Crippen LogP contribution < -0.4 is 0 Å². The molecule has 0 atom stereocenters. The van der Waals surface area contributed by atoms with Gasteiger partial charge in [-0.2, -0.15) is 0 Å². The molecule has 0 aromatic carbocycles. The van der Waals surface area contributed by atoms with E-state index in [2.05, 4.69) is 0 Å². The van der Waals surface area contributed by atoms with Crippen molar-refractivity contribution in [1.82, 2.24) is 0 Å². The van der Waals surface area contributed by atoms with Crippen molar-refractivity contribution < 1.29 is 173 Å². The van der Waals surface area contributed by atoms with Gasteiger partial charge in [0, 0.05) is 58.3 Å². The van der Waals surface area contributed by atoms with Crippen LogP contribution in [0.3, 0.4) is 0 Å². The van der Waals surface area contributed by atoms with E-state index < -0.39 is 35.8 Å². The summed E-state index contributed by atoms with van der Waals surface area (Å²) < 4.78 is 0. The first kappa shape index (κ1) is 119. The summed E-state index contributed by atoms with van der Waals surface area (Å²) in [5, 5.41) is 44.3. The van der Waals surface area contributed by atoms with Gasteiger partial charge in [0.15, 0.2) is 0 Å². The second-order valence-corrected chi connectivity index (χ2v) is 1.83. The third-order valence-corrected chi connectivity index (χ3v) is 0.549. The Labute approximate surface area is 207 Å². The van der Waals surface area contributed by atoms with Crippen molar-refractivity contribution >= 4 is 35.8 Å². The summed E-state index contributed by atoms with van der Waals surface area (Å²) in [7, 11) is 0. The molecule has 0 bridgehead atoms. The number of carboxylic acid groups (broad SMARTS) is 6. The summed E-state index contributed by atoms with van der Waals surface area (Å²) in [6, 6.07) is 0. The first-order chi connectivity index (χ1) is 7.93. The van der Waals surface area contributed by atoms with Gasteiger partial charge in [-0.1, -0.05) is 0 Å². The molecule has 0 aliphatic rings. The zero-order valence-electron chi connectivity index (χ0n) is 13.9. The average molecular weight is 938 g/mol. The average Bonchev–Trinajstić information content (AvgIpc) is 2.18. The standard InChI is InChI=1S/3C2H2O4.10H2O.2Pu/c3*3-1(4)2(5)6;;;;;;;;;;;;/h3*(H,3,4)(H,5,6);10*1H2;;. The van der Waals surface area contributed by atoms with E-state index in [9.17, 15) is 0 Å². The molecule has 30 heavy (non-hydrogen) atoms. The van der Waals surface area contributed by atoms with E-state index in [4.69, 9.17) is 59.4 Å². The molecule has 24 heteroatoms. The predicted octanol–water partition coefficient (Wildman–Crippen LogP) is -10.8. The van der Waals surface area contributed by atoms with Crippen LogP contribution in [-0.4, -0.2) is 121 Å². The zero-order chi connectivity index (χ0) is 15.5. The summed E-state index contributed by atoms with van der Waals surface area (Å²) in [4.78, 5) is 54.6. The number of carboxylic acids is 6. The fraction of sp³-hybridized carbons (Fsp3) is 0. The quantitative estimate of drug-likeness (QED) is 0.123. The van der Waals surface area contributed by atoms with Crippen LogP contribution in [0.1, 0.15) is 0 Å². The largest absolute Gasteiger partial charge is 0.473 e. The molecule has 0 aromatic heterocycles. The van der Waals surface area contributed by atoms with Crippen molar-refractivity contribution in [2.24, 2.45) is 0 Å². The van der Waals surface area contributed by atoms with Gasteiger partial charge in [0.25, 0.3) is 0 Å². The topological polar surface area (TPSA) is 539 Å². The summed E-state index contributed by atoms with van der Waals surface area (Å²) >= 11 is 0. The molecule has 0 aliphatic carbocycles. The Morgan fingerprint density at radius 3 is 0.300 bits per heavy atom. The molecule has 0 aromatic rings. The van der Waals surface area contributed by atoms with Crippen LogP contribution in [0.15, 0.2) is 0 Å². The van der Waals surface area contributed by atoms with Crippen LogP contribution in [0.25, 0.3) is 0 Å². The molecule has 0 amide bonds. The van der Waals surface area contributed by atoms with Crippen molar-refractivity contribution in [3.63, 3.8) is 0 Å². The van der Waals surface area contributed by atoms with Crippen molar-refractivity contribution in [1.29, 1.82) is 0 Å². The maximum absolute atomic E-state index is 9.10. The maximum Gasteiger partial charge on any atom is 0.414 e. The molecule has 0 spiro atoms. The first-order valence-electron chi connectivity index (χ1n) is 3.32. The van der Waals surface area contributed by atoms with Gasteiger partial charge < -0.3 is 85.4 Å². The second-order valence-electron chi connectivity index (χ2n) is 1.83. The van der Waals surface area contributed by atoms with Crippen molar-refractivity contribution in [2.45, 2.75) is 0 Å². The summed E-state index contributed by atoms with van der Waals surface area (Å²) in [5.41, 5.74) is 0. The molecule has 0 aliphatic heterocycles. The molecule has 0 saturated heterocycles. The van der Waals surface area contributed by atoms with Gasteiger partial charge in [0.2, 0.25) is 0 Å². The smallest absolute Gasteiger partial charge is 0.414 e. The predicted molar refractivity (Wildman–Crippen MR) is 82.0 cm³/mol. The minimum absolute atomic E-state index is 0. The molecule has 0 radical (unpaired) electrons. The van der Waals surface area contributed by atoms with E-state index in [1.807, 2.05) is 0 Å². The normalized spacial score (nSPS) is 4.40. The van der Waals surface area contributed by atoms with Gasteiger partial charge in [0.1, 0.15) is 0 Å². The molecular formula is C6H26O22Pu2. The molecule has 26 N–H and O–H groups in total. The van der Waals surface area contributed by atoms with E-state index in [1.165, 1.54) is 0 Å². The van der Waals surface area contributed by atoms with E-state index in [0.29, 0.717) is 0 Å². The number of carbonyl (C=O) groups is 6. The molecule has 22 nitrogen and oxygen atoms in total. The van der Waals surface area contributed by atoms with Gasteiger partial charge in [0.05, 0.1) is 0 Å². The Balaban J connectivity index is -0.00000000721. The Kier molecular flexibility index (Phi) is 281. The monoisotopic (exact) mass is 926 g/mol. The second kappa shape index (κ2) is 71.0. The van der Waals surface area contributed by atoms with E-state index >= 15 is 0 Å². The number of hydrogen-bond acceptors (Lipinski definition) is 6.